The molecule has 18 heavy (non-hydrogen) atoms. The van der Waals surface area contributed by atoms with Gasteiger partial charge in [-0.3, -0.25) is 4.79 Å². The lowest BCUT2D eigenvalue weighted by Crippen LogP contribution is -2.24. The van der Waals surface area contributed by atoms with Crippen LogP contribution in [-0.4, -0.2) is 41.4 Å². The summed E-state index contributed by atoms with van der Waals surface area (Å²) in [6.45, 7) is 0.588. The van der Waals surface area contributed by atoms with Crippen LogP contribution in [0.5, 0.6) is 0 Å². The molecule has 2 rings (SSSR count). The number of nitrogens with zero attached hydrogens (tertiary/aromatic N) is 3. The van der Waals surface area contributed by atoms with Crippen molar-refractivity contribution in [2.45, 2.75) is 25.2 Å². The maximum Gasteiger partial charge on any atom is 0.223 e. The summed E-state index contributed by atoms with van der Waals surface area (Å²) in [5, 5.41) is 3.17. The van der Waals surface area contributed by atoms with E-state index in [2.05, 4.69) is 31.2 Å². The fourth-order valence-electron chi connectivity index (χ4n) is 1.57. The summed E-state index contributed by atoms with van der Waals surface area (Å²) in [5.41, 5.74) is 0. The smallest absolute Gasteiger partial charge is 0.223 e. The quantitative estimate of drug-likeness (QED) is 0.845. The van der Waals surface area contributed by atoms with Gasteiger partial charge in [-0.2, -0.15) is 0 Å². The van der Waals surface area contributed by atoms with E-state index < -0.39 is 0 Å². The van der Waals surface area contributed by atoms with Gasteiger partial charge in [0.2, 0.25) is 5.91 Å². The fraction of sp³-hybridized carbons (Fsp3) is 0.583. The molecule has 1 aromatic rings. The zero-order valence-corrected chi connectivity index (χ0v) is 12.2. The van der Waals surface area contributed by atoms with Crippen molar-refractivity contribution in [2.24, 2.45) is 0 Å². The molecule has 0 radical (unpaired) electrons. The number of carbonyl (C=O) groups excluding carboxylic acids is 1. The average Bonchev–Trinajstić information content (AvgIpc) is 3.11. The predicted molar refractivity (Wildman–Crippen MR) is 73.5 cm³/mol. The lowest BCUT2D eigenvalue weighted by atomic mass is 10.3. The molecule has 0 bridgehead atoms. The highest BCUT2D eigenvalue weighted by Crippen LogP contribution is 2.38. The van der Waals surface area contributed by atoms with Crippen LogP contribution in [0.2, 0.25) is 0 Å². The van der Waals surface area contributed by atoms with Crippen molar-refractivity contribution in [1.29, 1.82) is 0 Å². The van der Waals surface area contributed by atoms with Gasteiger partial charge in [-0.25, -0.2) is 9.97 Å². The Morgan fingerprint density at radius 2 is 2.22 bits per heavy atom. The molecule has 1 fully saturated rings. The monoisotopic (exact) mass is 312 g/mol. The number of hydrogen-bond acceptors (Lipinski definition) is 4. The third-order valence-electron chi connectivity index (χ3n) is 2.80. The summed E-state index contributed by atoms with van der Waals surface area (Å²) >= 11 is 3.39. The van der Waals surface area contributed by atoms with Gasteiger partial charge in [0.25, 0.3) is 0 Å². The van der Waals surface area contributed by atoms with E-state index in [0.29, 0.717) is 18.9 Å². The normalized spacial score (nSPS) is 14.4. The number of nitrogens with one attached hydrogen (secondary N) is 1. The first-order valence-electron chi connectivity index (χ1n) is 6.05. The van der Waals surface area contributed by atoms with Gasteiger partial charge in [0.15, 0.2) is 0 Å². The van der Waals surface area contributed by atoms with E-state index in [-0.39, 0.29) is 5.91 Å². The van der Waals surface area contributed by atoms with E-state index in [1.54, 1.807) is 19.0 Å². The second-order valence-corrected chi connectivity index (χ2v) is 5.49. The molecule has 1 amide bonds. The molecule has 1 aromatic heterocycles. The Kier molecular flexibility index (Phi) is 4.16. The fourth-order valence-corrected chi connectivity index (χ4v) is 1.97. The van der Waals surface area contributed by atoms with E-state index in [1.165, 1.54) is 12.8 Å². The van der Waals surface area contributed by atoms with Gasteiger partial charge in [0, 0.05) is 39.0 Å². The van der Waals surface area contributed by atoms with Gasteiger partial charge >= 0.3 is 0 Å². The van der Waals surface area contributed by atoms with Crippen LogP contribution in [0.4, 0.5) is 5.82 Å². The maximum absolute atomic E-state index is 11.4. The standard InChI is InChI=1S/C12H17BrN4O/c1-17(2)11(18)5-6-14-10-7-9(13)15-12(16-10)8-3-4-8/h7-8H,3-6H2,1-2H3,(H,14,15,16). The number of anilines is 1. The first-order valence-corrected chi connectivity index (χ1v) is 6.84. The van der Waals surface area contributed by atoms with E-state index >= 15 is 0 Å². The van der Waals surface area contributed by atoms with Crippen LogP contribution >= 0.6 is 15.9 Å². The van der Waals surface area contributed by atoms with Crippen molar-refractivity contribution in [2.75, 3.05) is 26.0 Å². The molecule has 1 saturated carbocycles. The molecule has 1 heterocycles. The van der Waals surface area contributed by atoms with E-state index in [4.69, 9.17) is 0 Å². The van der Waals surface area contributed by atoms with Crippen molar-refractivity contribution in [1.82, 2.24) is 14.9 Å². The Labute approximate surface area is 115 Å². The van der Waals surface area contributed by atoms with Crippen molar-refractivity contribution in [3.63, 3.8) is 0 Å². The number of amides is 1. The molecule has 0 unspecified atom stereocenters. The van der Waals surface area contributed by atoms with Crippen LogP contribution in [0, 0.1) is 0 Å². The first-order chi connectivity index (χ1) is 8.56. The summed E-state index contributed by atoms with van der Waals surface area (Å²) in [6.07, 6.45) is 2.82. The predicted octanol–water partition coefficient (Wildman–Crippen LogP) is 2.01. The molecule has 1 aliphatic carbocycles. The van der Waals surface area contributed by atoms with Crippen molar-refractivity contribution >= 4 is 27.7 Å². The van der Waals surface area contributed by atoms with Crippen LogP contribution in [-0.2, 0) is 4.79 Å². The third kappa shape index (κ3) is 3.66. The minimum atomic E-state index is 0.109. The molecule has 0 saturated heterocycles. The molecule has 98 valence electrons. The highest BCUT2D eigenvalue weighted by Gasteiger charge is 2.27. The molecule has 0 aromatic carbocycles. The van der Waals surface area contributed by atoms with Gasteiger partial charge in [-0.15, -0.1) is 0 Å². The Bertz CT molecular complexity index is 446. The lowest BCUT2D eigenvalue weighted by molar-refractivity contribution is -0.128. The summed E-state index contributed by atoms with van der Waals surface area (Å²) in [7, 11) is 3.52. The zero-order valence-electron chi connectivity index (χ0n) is 10.6. The zero-order chi connectivity index (χ0) is 13.1. The highest BCUT2D eigenvalue weighted by atomic mass is 79.9. The van der Waals surface area contributed by atoms with Gasteiger partial charge in [0.05, 0.1) is 0 Å². The minimum absolute atomic E-state index is 0.109. The second-order valence-electron chi connectivity index (χ2n) is 4.67. The molecule has 1 aliphatic rings. The highest BCUT2D eigenvalue weighted by molar-refractivity contribution is 9.10. The number of rotatable bonds is 5. The number of halogens is 1. The van der Waals surface area contributed by atoms with Gasteiger partial charge < -0.3 is 10.2 Å². The summed E-state index contributed by atoms with van der Waals surface area (Å²) in [5.74, 6) is 2.31. The van der Waals surface area contributed by atoms with E-state index in [9.17, 15) is 4.79 Å². The van der Waals surface area contributed by atoms with E-state index in [1.807, 2.05) is 6.07 Å². The minimum Gasteiger partial charge on any atom is -0.369 e. The SMILES string of the molecule is CN(C)C(=O)CCNc1cc(Br)nc(C2CC2)n1. The Hall–Kier alpha value is -1.17. The molecule has 5 nitrogen and oxygen atoms in total. The first kappa shape index (κ1) is 13.3. The number of hydrogen-bond donors (Lipinski definition) is 1. The topological polar surface area (TPSA) is 58.1 Å². The number of carbonyl (C=O) groups is 1. The van der Waals surface area contributed by atoms with Gasteiger partial charge in [-0.1, -0.05) is 0 Å². The van der Waals surface area contributed by atoms with Crippen LogP contribution in [0.3, 0.4) is 0 Å². The van der Waals surface area contributed by atoms with Gasteiger partial charge in [-0.05, 0) is 28.8 Å². The Morgan fingerprint density at radius 3 is 2.83 bits per heavy atom. The summed E-state index contributed by atoms with van der Waals surface area (Å²) < 4.78 is 0.792. The van der Waals surface area contributed by atoms with E-state index in [0.717, 1.165) is 16.2 Å². The van der Waals surface area contributed by atoms with Crippen molar-refractivity contribution in [3.05, 3.63) is 16.5 Å². The molecular formula is C12H17BrN4O. The van der Waals surface area contributed by atoms with Crippen LogP contribution in [0.1, 0.15) is 31.0 Å². The van der Waals surface area contributed by atoms with Crippen LogP contribution in [0.25, 0.3) is 0 Å². The molecular weight excluding hydrogens is 296 g/mol. The molecule has 1 N–H and O–H groups in total. The summed E-state index contributed by atoms with van der Waals surface area (Å²) in [6, 6.07) is 1.84. The molecule has 0 atom stereocenters. The van der Waals surface area contributed by atoms with Crippen LogP contribution in [0.15, 0.2) is 10.7 Å². The van der Waals surface area contributed by atoms with Crippen molar-refractivity contribution < 1.29 is 4.79 Å². The summed E-state index contributed by atoms with van der Waals surface area (Å²) in [4.78, 5) is 21.8. The Balaban J connectivity index is 1.90. The maximum atomic E-state index is 11.4. The van der Waals surface area contributed by atoms with Crippen LogP contribution < -0.4 is 5.32 Å². The van der Waals surface area contributed by atoms with Crippen molar-refractivity contribution in [3.8, 4) is 0 Å². The largest absolute Gasteiger partial charge is 0.369 e. The lowest BCUT2D eigenvalue weighted by Gasteiger charge is -2.11. The second kappa shape index (κ2) is 5.65. The molecule has 0 spiro atoms. The Morgan fingerprint density at radius 1 is 1.50 bits per heavy atom. The molecule has 6 heteroatoms. The third-order valence-corrected chi connectivity index (χ3v) is 3.20. The average molecular weight is 313 g/mol. The van der Waals surface area contributed by atoms with Gasteiger partial charge in [0.1, 0.15) is 16.2 Å². The number of aromatic nitrogens is 2. The molecule has 0 aliphatic heterocycles.